The van der Waals surface area contributed by atoms with Gasteiger partial charge in [0, 0.05) is 12.4 Å². The Kier molecular flexibility index (Phi) is 11.4. The predicted molar refractivity (Wildman–Crippen MR) is 123 cm³/mol. The quantitative estimate of drug-likeness (QED) is 0.403. The van der Waals surface area contributed by atoms with Crippen molar-refractivity contribution in [2.75, 3.05) is 13.1 Å². The first-order chi connectivity index (χ1) is 15.7. The Morgan fingerprint density at radius 3 is 2.09 bits per heavy atom. The highest BCUT2D eigenvalue weighted by Crippen LogP contribution is 2.34. The number of halogens is 3. The zero-order chi connectivity index (χ0) is 24.9. The number of alkyl halides is 3. The number of piperidine rings is 1. The lowest BCUT2D eigenvalue weighted by Gasteiger charge is -2.33. The van der Waals surface area contributed by atoms with E-state index in [4.69, 9.17) is 16.8 Å². The molecule has 33 heavy (non-hydrogen) atoms. The fourth-order valence-electron chi connectivity index (χ4n) is 3.16. The van der Waals surface area contributed by atoms with Gasteiger partial charge in [0.1, 0.15) is 0 Å². The summed E-state index contributed by atoms with van der Waals surface area (Å²) in [5.41, 5.74) is 5.75. The van der Waals surface area contributed by atoms with Gasteiger partial charge in [-0.25, -0.2) is 5.84 Å². The number of hydrogen-bond acceptors (Lipinski definition) is 6. The molecular weight excluding hydrogens is 431 g/mol. The van der Waals surface area contributed by atoms with E-state index in [1.54, 1.807) is 18.3 Å². The van der Waals surface area contributed by atoms with E-state index in [1.807, 2.05) is 26.0 Å². The van der Waals surface area contributed by atoms with Crippen LogP contribution in [0, 0.1) is 11.3 Å². The van der Waals surface area contributed by atoms with E-state index in [9.17, 15) is 18.3 Å². The summed E-state index contributed by atoms with van der Waals surface area (Å²) in [4.78, 5) is 0. The van der Waals surface area contributed by atoms with Gasteiger partial charge in [-0.15, -0.1) is 0 Å². The Hall–Kier alpha value is -3.06. The molecule has 3 rings (SSSR count). The van der Waals surface area contributed by atoms with E-state index >= 15 is 0 Å². The topological polar surface area (TPSA) is 111 Å². The summed E-state index contributed by atoms with van der Waals surface area (Å²) in [6.45, 7) is 5.93. The normalized spacial score (nSPS) is 14.8. The van der Waals surface area contributed by atoms with E-state index in [0.29, 0.717) is 43.6 Å². The number of rotatable bonds is 4. The van der Waals surface area contributed by atoms with Crippen LogP contribution in [0.2, 0.25) is 0 Å². The Balaban J connectivity index is 0.000000313. The Bertz CT molecular complexity index is 884. The van der Waals surface area contributed by atoms with Gasteiger partial charge in [0.2, 0.25) is 0 Å². The predicted octanol–water partition coefficient (Wildman–Crippen LogP) is 3.97. The molecule has 0 bridgehead atoms. The maximum absolute atomic E-state index is 12.4. The van der Waals surface area contributed by atoms with Crippen molar-refractivity contribution >= 4 is 0 Å². The number of aliphatic hydroxyl groups is 1. The summed E-state index contributed by atoms with van der Waals surface area (Å²) in [7, 11) is 0. The molecule has 0 unspecified atom stereocenters. The van der Waals surface area contributed by atoms with Crippen LogP contribution in [-0.4, -0.2) is 23.2 Å². The Morgan fingerprint density at radius 1 is 1.09 bits per heavy atom. The third-order valence-electron chi connectivity index (χ3n) is 4.91. The van der Waals surface area contributed by atoms with Gasteiger partial charge in [-0.2, -0.15) is 18.4 Å². The molecule has 0 amide bonds. The molecule has 0 radical (unpaired) electrons. The number of nitriles is 1. The maximum atomic E-state index is 12.4. The van der Waals surface area contributed by atoms with Crippen LogP contribution in [0.3, 0.4) is 0 Å². The second-order valence-electron chi connectivity index (χ2n) is 7.18. The molecule has 1 heterocycles. The van der Waals surface area contributed by atoms with Crippen molar-refractivity contribution in [3.63, 3.8) is 0 Å². The number of benzene rings is 2. The van der Waals surface area contributed by atoms with Gasteiger partial charge in [0.15, 0.2) is 0 Å². The van der Waals surface area contributed by atoms with Crippen molar-refractivity contribution in [2.45, 2.75) is 45.0 Å². The maximum Gasteiger partial charge on any atom is 0.416 e. The zero-order valence-electron chi connectivity index (χ0n) is 18.9. The Labute approximate surface area is 193 Å². The molecule has 0 aromatic heterocycles. The van der Waals surface area contributed by atoms with Crippen LogP contribution in [0.5, 0.6) is 0 Å². The molecule has 0 saturated carbocycles. The standard InChI is InChI=1S/C12H14F3NO.C10H12N4.C2H6/c13-12(14,15)10-3-1-9(2-4-10)11(17)5-7-16-8-6-11;11-5-6-14(13)8-10-3-1-9(7-12)2-4-10;1-2/h1-4,16-17H,5-8H2;1-6H,8,11,13H2;1-2H3/b;6-5-;. The molecule has 6 nitrogen and oxygen atoms in total. The smallest absolute Gasteiger partial charge is 0.403 e. The van der Waals surface area contributed by atoms with Crippen LogP contribution in [0.4, 0.5) is 13.2 Å². The van der Waals surface area contributed by atoms with Crippen molar-refractivity contribution < 1.29 is 18.3 Å². The molecular formula is C24H32F3N5O. The molecule has 0 aliphatic carbocycles. The first-order valence-corrected chi connectivity index (χ1v) is 10.7. The van der Waals surface area contributed by atoms with Crippen molar-refractivity contribution in [3.05, 3.63) is 83.2 Å². The third kappa shape index (κ3) is 9.14. The van der Waals surface area contributed by atoms with Crippen LogP contribution < -0.4 is 16.9 Å². The van der Waals surface area contributed by atoms with E-state index < -0.39 is 17.3 Å². The molecule has 2 aromatic carbocycles. The van der Waals surface area contributed by atoms with Crippen molar-refractivity contribution in [1.29, 1.82) is 5.26 Å². The fraction of sp³-hybridized carbons (Fsp3) is 0.375. The number of nitrogens with one attached hydrogen (secondary N) is 1. The van der Waals surface area contributed by atoms with Gasteiger partial charge < -0.3 is 21.2 Å². The summed E-state index contributed by atoms with van der Waals surface area (Å²) in [6.07, 6.45) is -0.312. The minimum atomic E-state index is -4.32. The van der Waals surface area contributed by atoms with Gasteiger partial charge >= 0.3 is 6.18 Å². The monoisotopic (exact) mass is 463 g/mol. The molecule has 0 spiro atoms. The van der Waals surface area contributed by atoms with Gasteiger partial charge in [-0.3, -0.25) is 0 Å². The van der Waals surface area contributed by atoms with Gasteiger partial charge in [0.05, 0.1) is 29.3 Å². The lowest BCUT2D eigenvalue weighted by atomic mass is 9.85. The second-order valence-corrected chi connectivity index (χ2v) is 7.18. The first-order valence-electron chi connectivity index (χ1n) is 10.7. The molecule has 9 heteroatoms. The highest BCUT2D eigenvalue weighted by Gasteiger charge is 2.33. The largest absolute Gasteiger partial charge is 0.416 e. The van der Waals surface area contributed by atoms with Gasteiger partial charge in [0.25, 0.3) is 0 Å². The second kappa shape index (κ2) is 13.5. The van der Waals surface area contributed by atoms with E-state index in [-0.39, 0.29) is 0 Å². The lowest BCUT2D eigenvalue weighted by molar-refractivity contribution is -0.137. The van der Waals surface area contributed by atoms with Crippen molar-refractivity contribution in [1.82, 2.24) is 10.3 Å². The summed E-state index contributed by atoms with van der Waals surface area (Å²) in [5, 5.41) is 23.5. The molecule has 1 aliphatic rings. The average molecular weight is 464 g/mol. The Morgan fingerprint density at radius 2 is 1.64 bits per heavy atom. The molecule has 1 aliphatic heterocycles. The van der Waals surface area contributed by atoms with Crippen molar-refractivity contribution in [2.24, 2.45) is 11.6 Å². The molecule has 1 fully saturated rings. The lowest BCUT2D eigenvalue weighted by Crippen LogP contribution is -2.39. The summed E-state index contributed by atoms with van der Waals surface area (Å²) in [5.74, 6) is 5.59. The van der Waals surface area contributed by atoms with E-state index in [2.05, 4.69) is 11.4 Å². The SMILES string of the molecule is CC.N#Cc1ccc(CN(N)/C=C\N)cc1.OC1(c2ccc(C(F)(F)F)cc2)CCNCC1. The fourth-order valence-corrected chi connectivity index (χ4v) is 3.16. The van der Waals surface area contributed by atoms with Crippen LogP contribution >= 0.6 is 0 Å². The summed E-state index contributed by atoms with van der Waals surface area (Å²) >= 11 is 0. The molecule has 180 valence electrons. The van der Waals surface area contributed by atoms with Crippen LogP contribution in [0.1, 0.15) is 48.9 Å². The third-order valence-corrected chi connectivity index (χ3v) is 4.91. The van der Waals surface area contributed by atoms with Crippen LogP contribution in [0.15, 0.2) is 60.9 Å². The first kappa shape index (κ1) is 28.0. The van der Waals surface area contributed by atoms with Crippen molar-refractivity contribution in [3.8, 4) is 6.07 Å². The number of nitrogens with zero attached hydrogens (tertiary/aromatic N) is 2. The zero-order valence-corrected chi connectivity index (χ0v) is 18.9. The average Bonchev–Trinajstić information content (AvgIpc) is 2.81. The summed E-state index contributed by atoms with van der Waals surface area (Å²) < 4.78 is 37.2. The molecule has 6 N–H and O–H groups in total. The molecule has 0 atom stereocenters. The highest BCUT2D eigenvalue weighted by molar-refractivity contribution is 5.31. The highest BCUT2D eigenvalue weighted by atomic mass is 19.4. The molecule has 1 saturated heterocycles. The number of hydrazine groups is 1. The minimum absolute atomic E-state index is 0.526. The van der Waals surface area contributed by atoms with Gasteiger partial charge in [-0.05, 0) is 61.3 Å². The van der Waals surface area contributed by atoms with E-state index in [0.717, 1.165) is 17.7 Å². The number of hydrogen-bond donors (Lipinski definition) is 4. The van der Waals surface area contributed by atoms with Crippen LogP contribution in [0.25, 0.3) is 0 Å². The van der Waals surface area contributed by atoms with Gasteiger partial charge in [-0.1, -0.05) is 38.1 Å². The molecule has 2 aromatic rings. The van der Waals surface area contributed by atoms with E-state index in [1.165, 1.54) is 23.3 Å². The van der Waals surface area contributed by atoms with Crippen LogP contribution in [-0.2, 0) is 18.3 Å². The summed E-state index contributed by atoms with van der Waals surface area (Å²) in [6, 6.07) is 14.1. The number of nitrogens with two attached hydrogens (primary N) is 2. The minimum Gasteiger partial charge on any atom is -0.403 e.